The molecule has 0 unspecified atom stereocenters. The fourth-order valence-electron chi connectivity index (χ4n) is 2.47. The first-order valence-electron chi connectivity index (χ1n) is 7.83. The molecule has 0 aromatic heterocycles. The van der Waals surface area contributed by atoms with E-state index in [1.54, 1.807) is 18.2 Å². The Labute approximate surface area is 141 Å². The topological polar surface area (TPSA) is 49.4 Å². The normalized spacial score (nSPS) is 10.3. The largest absolute Gasteiger partial charge is 0.354 e. The number of carbonyl (C=O) groups excluding carboxylic acids is 2. The first kappa shape index (κ1) is 17.7. The number of nitrogens with one attached hydrogen (secondary N) is 1. The molecule has 0 saturated carbocycles. The lowest BCUT2D eigenvalue weighted by Crippen LogP contribution is -2.40. The molecule has 0 heterocycles. The quantitative estimate of drug-likeness (QED) is 0.886. The van der Waals surface area contributed by atoms with Crippen LogP contribution < -0.4 is 10.2 Å². The molecule has 0 radical (unpaired) electrons. The Morgan fingerprint density at radius 1 is 1.08 bits per heavy atom. The Bertz CT molecular complexity index is 731. The maximum atomic E-state index is 13.5. The lowest BCUT2D eigenvalue weighted by atomic mass is 10.1. The summed E-state index contributed by atoms with van der Waals surface area (Å²) in [6, 6.07) is 13.9. The van der Waals surface area contributed by atoms with Crippen LogP contribution in [0, 0.1) is 12.7 Å². The number of hydrogen-bond donors (Lipinski definition) is 1. The molecule has 2 aromatic carbocycles. The highest BCUT2D eigenvalue weighted by Crippen LogP contribution is 2.19. The fraction of sp³-hybridized carbons (Fsp3) is 0.263. The molecule has 2 rings (SSSR count). The van der Waals surface area contributed by atoms with Crippen LogP contribution in [0.5, 0.6) is 0 Å². The SMILES string of the molecule is CC(=O)N(CC(=O)NCCc1ccccc1F)c1ccccc1C. The summed E-state index contributed by atoms with van der Waals surface area (Å²) in [6.45, 7) is 3.58. The molecule has 5 heteroatoms. The van der Waals surface area contributed by atoms with Gasteiger partial charge in [-0.15, -0.1) is 0 Å². The number of carbonyl (C=O) groups is 2. The molecule has 0 aliphatic rings. The van der Waals surface area contributed by atoms with Crippen molar-refractivity contribution < 1.29 is 14.0 Å². The second-order valence-electron chi connectivity index (χ2n) is 5.58. The summed E-state index contributed by atoms with van der Waals surface area (Å²) >= 11 is 0. The minimum absolute atomic E-state index is 0.0581. The number of para-hydroxylation sites is 1. The summed E-state index contributed by atoms with van der Waals surface area (Å²) in [7, 11) is 0. The molecule has 24 heavy (non-hydrogen) atoms. The van der Waals surface area contributed by atoms with Gasteiger partial charge in [-0.2, -0.15) is 0 Å². The summed E-state index contributed by atoms with van der Waals surface area (Å²) in [6.07, 6.45) is 0.406. The third kappa shape index (κ3) is 4.65. The van der Waals surface area contributed by atoms with E-state index in [9.17, 15) is 14.0 Å². The predicted octanol–water partition coefficient (Wildman–Crippen LogP) is 2.85. The molecule has 0 aliphatic carbocycles. The van der Waals surface area contributed by atoms with Crippen LogP contribution in [-0.4, -0.2) is 24.9 Å². The average Bonchev–Trinajstić information content (AvgIpc) is 2.55. The Kier molecular flexibility index (Phi) is 6.07. The van der Waals surface area contributed by atoms with Crippen LogP contribution >= 0.6 is 0 Å². The fourth-order valence-corrected chi connectivity index (χ4v) is 2.47. The van der Waals surface area contributed by atoms with E-state index in [2.05, 4.69) is 5.32 Å². The molecule has 0 atom stereocenters. The maximum absolute atomic E-state index is 13.5. The van der Waals surface area contributed by atoms with Gasteiger partial charge in [0, 0.05) is 19.2 Å². The van der Waals surface area contributed by atoms with Crippen molar-refractivity contribution in [1.29, 1.82) is 0 Å². The van der Waals surface area contributed by atoms with Crippen LogP contribution in [0.3, 0.4) is 0 Å². The molecule has 126 valence electrons. The van der Waals surface area contributed by atoms with Crippen LogP contribution in [0.4, 0.5) is 10.1 Å². The van der Waals surface area contributed by atoms with Crippen molar-refractivity contribution in [3.05, 3.63) is 65.5 Å². The maximum Gasteiger partial charge on any atom is 0.240 e. The number of amides is 2. The van der Waals surface area contributed by atoms with Crippen LogP contribution in [0.1, 0.15) is 18.1 Å². The van der Waals surface area contributed by atoms with Gasteiger partial charge in [0.25, 0.3) is 0 Å². The molecule has 0 aliphatic heterocycles. The zero-order valence-electron chi connectivity index (χ0n) is 13.9. The van der Waals surface area contributed by atoms with E-state index >= 15 is 0 Å². The standard InChI is InChI=1S/C19H21FN2O2/c1-14-7-3-6-10-18(14)22(15(2)23)13-19(24)21-12-11-16-8-4-5-9-17(16)20/h3-10H,11-13H2,1-2H3,(H,21,24). The number of halogens is 1. The van der Waals surface area contributed by atoms with E-state index in [1.807, 2.05) is 31.2 Å². The molecular formula is C19H21FN2O2. The molecule has 0 spiro atoms. The highest BCUT2D eigenvalue weighted by Gasteiger charge is 2.17. The highest BCUT2D eigenvalue weighted by molar-refractivity contribution is 5.98. The minimum Gasteiger partial charge on any atom is -0.354 e. The number of anilines is 1. The lowest BCUT2D eigenvalue weighted by molar-refractivity contribution is -0.123. The van der Waals surface area contributed by atoms with Gasteiger partial charge in [-0.25, -0.2) is 4.39 Å². The van der Waals surface area contributed by atoms with E-state index in [0.29, 0.717) is 24.2 Å². The molecule has 2 aromatic rings. The van der Waals surface area contributed by atoms with Crippen LogP contribution in [0.2, 0.25) is 0 Å². The molecule has 0 saturated heterocycles. The van der Waals surface area contributed by atoms with E-state index < -0.39 is 0 Å². The number of rotatable bonds is 6. The molecule has 0 bridgehead atoms. The monoisotopic (exact) mass is 328 g/mol. The second kappa shape index (κ2) is 8.24. The number of hydrogen-bond acceptors (Lipinski definition) is 2. The molecule has 1 N–H and O–H groups in total. The van der Waals surface area contributed by atoms with Crippen molar-refractivity contribution in [2.24, 2.45) is 0 Å². The van der Waals surface area contributed by atoms with Crippen molar-refractivity contribution in [3.8, 4) is 0 Å². The summed E-state index contributed by atoms with van der Waals surface area (Å²) in [5.41, 5.74) is 2.20. The van der Waals surface area contributed by atoms with Gasteiger partial charge < -0.3 is 10.2 Å². The van der Waals surface area contributed by atoms with Gasteiger partial charge in [0.15, 0.2) is 0 Å². The van der Waals surface area contributed by atoms with Gasteiger partial charge in [0.2, 0.25) is 11.8 Å². The molecule has 4 nitrogen and oxygen atoms in total. The van der Waals surface area contributed by atoms with E-state index in [-0.39, 0.29) is 24.2 Å². The Hall–Kier alpha value is -2.69. The van der Waals surface area contributed by atoms with Crippen molar-refractivity contribution >= 4 is 17.5 Å². The number of benzene rings is 2. The smallest absolute Gasteiger partial charge is 0.240 e. The van der Waals surface area contributed by atoms with Crippen LogP contribution in [0.15, 0.2) is 48.5 Å². The summed E-state index contributed by atoms with van der Waals surface area (Å²) in [4.78, 5) is 25.4. The van der Waals surface area contributed by atoms with Gasteiger partial charge in [-0.3, -0.25) is 9.59 Å². The first-order valence-corrected chi connectivity index (χ1v) is 7.83. The molecular weight excluding hydrogens is 307 g/mol. The minimum atomic E-state index is -0.281. The van der Waals surface area contributed by atoms with Gasteiger partial charge in [0.1, 0.15) is 12.4 Å². The third-order valence-electron chi connectivity index (χ3n) is 3.76. The Morgan fingerprint density at radius 3 is 2.42 bits per heavy atom. The van der Waals surface area contributed by atoms with Crippen LogP contribution in [-0.2, 0) is 16.0 Å². The zero-order chi connectivity index (χ0) is 17.5. The van der Waals surface area contributed by atoms with E-state index in [1.165, 1.54) is 17.9 Å². The highest BCUT2D eigenvalue weighted by atomic mass is 19.1. The van der Waals surface area contributed by atoms with E-state index in [4.69, 9.17) is 0 Å². The summed E-state index contributed by atoms with van der Waals surface area (Å²) in [5, 5.41) is 2.73. The van der Waals surface area contributed by atoms with Gasteiger partial charge >= 0.3 is 0 Å². The third-order valence-corrected chi connectivity index (χ3v) is 3.76. The summed E-state index contributed by atoms with van der Waals surface area (Å²) < 4.78 is 13.5. The summed E-state index contributed by atoms with van der Waals surface area (Å²) in [5.74, 6) is -0.754. The van der Waals surface area contributed by atoms with Crippen molar-refractivity contribution in [3.63, 3.8) is 0 Å². The predicted molar refractivity (Wildman–Crippen MR) is 92.3 cm³/mol. The average molecular weight is 328 g/mol. The first-order chi connectivity index (χ1) is 11.5. The molecule has 0 fully saturated rings. The van der Waals surface area contributed by atoms with Gasteiger partial charge in [0.05, 0.1) is 0 Å². The Balaban J connectivity index is 1.93. The van der Waals surface area contributed by atoms with Crippen molar-refractivity contribution in [1.82, 2.24) is 5.32 Å². The second-order valence-corrected chi connectivity index (χ2v) is 5.58. The number of aryl methyl sites for hydroxylation is 1. The lowest BCUT2D eigenvalue weighted by Gasteiger charge is -2.22. The van der Waals surface area contributed by atoms with Crippen LogP contribution in [0.25, 0.3) is 0 Å². The van der Waals surface area contributed by atoms with Gasteiger partial charge in [-0.1, -0.05) is 36.4 Å². The van der Waals surface area contributed by atoms with Crippen molar-refractivity contribution in [2.75, 3.05) is 18.0 Å². The Morgan fingerprint density at radius 2 is 1.75 bits per heavy atom. The zero-order valence-corrected chi connectivity index (χ0v) is 13.9. The van der Waals surface area contributed by atoms with Crippen molar-refractivity contribution in [2.45, 2.75) is 20.3 Å². The van der Waals surface area contributed by atoms with Gasteiger partial charge in [-0.05, 0) is 36.6 Å². The molecule has 2 amide bonds. The number of nitrogens with zero attached hydrogens (tertiary/aromatic N) is 1. The van der Waals surface area contributed by atoms with E-state index in [0.717, 1.165) is 5.56 Å².